The molecule has 2 N–H and O–H groups in total. The molecule has 0 saturated carbocycles. The van der Waals surface area contributed by atoms with Crippen LogP contribution in [0.4, 0.5) is 8.78 Å². The van der Waals surface area contributed by atoms with E-state index in [2.05, 4.69) is 0 Å². The highest BCUT2D eigenvalue weighted by atomic mass is 19.3. The number of fused-ring (bicyclic) bond motifs is 1. The molecule has 0 aliphatic heterocycles. The maximum absolute atomic E-state index is 13.6. The third kappa shape index (κ3) is 1.95. The maximum atomic E-state index is 13.6. The summed E-state index contributed by atoms with van der Waals surface area (Å²) in [4.78, 5) is 11.2. The second-order valence-electron chi connectivity index (χ2n) is 3.85. The predicted molar refractivity (Wildman–Crippen MR) is 59.0 cm³/mol. The van der Waals surface area contributed by atoms with Gasteiger partial charge in [-0.3, -0.25) is 4.57 Å². The van der Waals surface area contributed by atoms with Crippen molar-refractivity contribution in [3.63, 3.8) is 0 Å². The Kier molecular flexibility index (Phi) is 2.74. The van der Waals surface area contributed by atoms with Crippen molar-refractivity contribution in [1.82, 2.24) is 4.57 Å². The first-order chi connectivity index (χ1) is 7.95. The summed E-state index contributed by atoms with van der Waals surface area (Å²) >= 11 is 0. The van der Waals surface area contributed by atoms with E-state index >= 15 is 0 Å². The quantitative estimate of drug-likeness (QED) is 0.888. The summed E-state index contributed by atoms with van der Waals surface area (Å²) in [5.41, 5.74) is 5.63. The molecule has 1 aromatic heterocycles. The molecule has 2 rings (SSSR count). The number of aromatic nitrogens is 1. The smallest absolute Gasteiger partial charge is 0.408 e. The van der Waals surface area contributed by atoms with Crippen LogP contribution in [0.15, 0.2) is 27.4 Å². The van der Waals surface area contributed by atoms with Crippen LogP contribution in [0.1, 0.15) is 12.0 Å². The number of nitrogens with zero attached hydrogens (tertiary/aromatic N) is 1. The summed E-state index contributed by atoms with van der Waals surface area (Å²) in [5.74, 6) is -3.56. The molecule has 0 saturated heterocycles. The molecule has 6 heteroatoms. The molecule has 0 aliphatic rings. The van der Waals surface area contributed by atoms with Crippen LogP contribution in [-0.2, 0) is 13.0 Å². The Hall–Kier alpha value is -1.69. The number of alkyl halides is 2. The van der Waals surface area contributed by atoms with Crippen LogP contribution in [0, 0.1) is 0 Å². The number of benzene rings is 1. The minimum atomic E-state index is -2.99. The molecule has 0 radical (unpaired) electrons. The van der Waals surface area contributed by atoms with Crippen LogP contribution in [0.25, 0.3) is 11.1 Å². The van der Waals surface area contributed by atoms with Gasteiger partial charge in [0.2, 0.25) is 0 Å². The second-order valence-corrected chi connectivity index (χ2v) is 3.85. The highest BCUT2D eigenvalue weighted by molar-refractivity contribution is 5.73. The lowest BCUT2D eigenvalue weighted by molar-refractivity contribution is -0.0106. The van der Waals surface area contributed by atoms with Crippen molar-refractivity contribution < 1.29 is 13.2 Å². The fourth-order valence-electron chi connectivity index (χ4n) is 1.68. The van der Waals surface area contributed by atoms with E-state index in [0.29, 0.717) is 11.1 Å². The minimum absolute atomic E-state index is 0.102. The number of rotatable bonds is 3. The fourth-order valence-corrected chi connectivity index (χ4v) is 1.68. The number of halogens is 2. The van der Waals surface area contributed by atoms with E-state index in [4.69, 9.17) is 10.2 Å². The summed E-state index contributed by atoms with van der Waals surface area (Å²) in [7, 11) is 1.47. The molecule has 17 heavy (non-hydrogen) atoms. The average molecular weight is 242 g/mol. The lowest BCUT2D eigenvalue weighted by Crippen LogP contribution is -2.18. The lowest BCUT2D eigenvalue weighted by atomic mass is 10.1. The number of hydrogen-bond donors (Lipinski definition) is 1. The van der Waals surface area contributed by atoms with Crippen molar-refractivity contribution in [2.45, 2.75) is 12.3 Å². The van der Waals surface area contributed by atoms with Gasteiger partial charge in [-0.25, -0.2) is 13.6 Å². The Bertz CT molecular complexity index is 601. The van der Waals surface area contributed by atoms with Crippen molar-refractivity contribution in [2.75, 3.05) is 6.54 Å². The van der Waals surface area contributed by atoms with Gasteiger partial charge in [-0.2, -0.15) is 0 Å². The van der Waals surface area contributed by atoms with Crippen LogP contribution in [0.5, 0.6) is 0 Å². The van der Waals surface area contributed by atoms with Crippen molar-refractivity contribution in [3.05, 3.63) is 34.3 Å². The van der Waals surface area contributed by atoms with E-state index in [0.717, 1.165) is 0 Å². The topological polar surface area (TPSA) is 61.2 Å². The predicted octanol–water partition coefficient (Wildman–Crippen LogP) is 1.57. The first-order valence-electron chi connectivity index (χ1n) is 5.13. The Morgan fingerprint density at radius 1 is 1.47 bits per heavy atom. The molecule has 0 spiro atoms. The van der Waals surface area contributed by atoms with Gasteiger partial charge in [-0.05, 0) is 24.7 Å². The molecule has 0 unspecified atom stereocenters. The van der Waals surface area contributed by atoms with Crippen molar-refractivity contribution >= 4 is 11.1 Å². The largest absolute Gasteiger partial charge is 0.419 e. The van der Waals surface area contributed by atoms with Crippen LogP contribution in [-0.4, -0.2) is 11.1 Å². The molecule has 0 amide bonds. The molecule has 4 nitrogen and oxygen atoms in total. The molecule has 1 aromatic carbocycles. The molecule has 0 atom stereocenters. The molecule has 1 heterocycles. The third-order valence-electron chi connectivity index (χ3n) is 2.67. The summed E-state index contributed by atoms with van der Waals surface area (Å²) in [6, 6.07) is 3.88. The van der Waals surface area contributed by atoms with E-state index < -0.39 is 18.1 Å². The summed E-state index contributed by atoms with van der Waals surface area (Å²) in [5, 5.41) is 0. The van der Waals surface area contributed by atoms with Gasteiger partial charge in [0, 0.05) is 19.0 Å². The SMILES string of the molecule is Cn1c(=O)oc2ccc(C(F)(F)CCN)cc21. The average Bonchev–Trinajstić information content (AvgIpc) is 2.54. The molecule has 2 aromatic rings. The van der Waals surface area contributed by atoms with E-state index in [1.54, 1.807) is 0 Å². The third-order valence-corrected chi connectivity index (χ3v) is 2.67. The lowest BCUT2D eigenvalue weighted by Gasteiger charge is -2.15. The van der Waals surface area contributed by atoms with Crippen LogP contribution in [0.3, 0.4) is 0 Å². The molecule has 92 valence electrons. The van der Waals surface area contributed by atoms with Gasteiger partial charge in [0.1, 0.15) is 0 Å². The Morgan fingerprint density at radius 2 is 2.18 bits per heavy atom. The summed E-state index contributed by atoms with van der Waals surface area (Å²) in [6.07, 6.45) is -0.426. The van der Waals surface area contributed by atoms with Gasteiger partial charge in [-0.1, -0.05) is 0 Å². The van der Waals surface area contributed by atoms with E-state index in [-0.39, 0.29) is 12.1 Å². The van der Waals surface area contributed by atoms with Gasteiger partial charge >= 0.3 is 5.76 Å². The van der Waals surface area contributed by atoms with Crippen LogP contribution in [0.2, 0.25) is 0 Å². The van der Waals surface area contributed by atoms with Gasteiger partial charge in [0.25, 0.3) is 5.92 Å². The van der Waals surface area contributed by atoms with Crippen molar-refractivity contribution in [2.24, 2.45) is 12.8 Å². The monoisotopic (exact) mass is 242 g/mol. The Labute approximate surface area is 95.6 Å². The Balaban J connectivity index is 2.58. The molecule has 0 bridgehead atoms. The normalized spacial score (nSPS) is 12.2. The molecule has 0 aliphatic carbocycles. The Morgan fingerprint density at radius 3 is 2.82 bits per heavy atom. The standard InChI is InChI=1S/C11H12F2N2O2/c1-15-8-6-7(11(12,13)4-5-14)2-3-9(8)17-10(15)16/h2-3,6H,4-5,14H2,1H3. The van der Waals surface area contributed by atoms with Crippen LogP contribution < -0.4 is 11.5 Å². The highest BCUT2D eigenvalue weighted by Gasteiger charge is 2.31. The zero-order chi connectivity index (χ0) is 12.6. The van der Waals surface area contributed by atoms with E-state index in [1.165, 1.54) is 29.8 Å². The fraction of sp³-hybridized carbons (Fsp3) is 0.364. The molecular weight excluding hydrogens is 230 g/mol. The van der Waals surface area contributed by atoms with Gasteiger partial charge in [-0.15, -0.1) is 0 Å². The first-order valence-corrected chi connectivity index (χ1v) is 5.13. The van der Waals surface area contributed by atoms with Gasteiger partial charge in [0.15, 0.2) is 5.58 Å². The number of oxazole rings is 1. The first kappa shape index (κ1) is 11.8. The van der Waals surface area contributed by atoms with Gasteiger partial charge in [0.05, 0.1) is 5.52 Å². The van der Waals surface area contributed by atoms with Crippen LogP contribution >= 0.6 is 0 Å². The van der Waals surface area contributed by atoms with E-state index in [9.17, 15) is 13.6 Å². The summed E-state index contributed by atoms with van der Waals surface area (Å²) < 4.78 is 33.3. The maximum Gasteiger partial charge on any atom is 0.419 e. The minimum Gasteiger partial charge on any atom is -0.408 e. The zero-order valence-electron chi connectivity index (χ0n) is 9.24. The number of nitrogens with two attached hydrogens (primary N) is 1. The molecular formula is C11H12F2N2O2. The second kappa shape index (κ2) is 3.96. The number of hydrogen-bond acceptors (Lipinski definition) is 3. The van der Waals surface area contributed by atoms with Gasteiger partial charge < -0.3 is 10.2 Å². The molecule has 0 fully saturated rings. The number of aryl methyl sites for hydroxylation is 1. The summed E-state index contributed by atoms with van der Waals surface area (Å²) in [6.45, 7) is -0.102. The highest BCUT2D eigenvalue weighted by Crippen LogP contribution is 2.32. The van der Waals surface area contributed by atoms with Crippen molar-refractivity contribution in [1.29, 1.82) is 0 Å². The zero-order valence-corrected chi connectivity index (χ0v) is 9.24. The van der Waals surface area contributed by atoms with E-state index in [1.807, 2.05) is 0 Å². The van der Waals surface area contributed by atoms with Crippen molar-refractivity contribution in [3.8, 4) is 0 Å².